The second kappa shape index (κ2) is 12.0. The van der Waals surface area contributed by atoms with Gasteiger partial charge in [0, 0.05) is 0 Å². The number of benzene rings is 2. The molecule has 156 valence electrons. The Bertz CT molecular complexity index is 1000. The molecule has 0 atom stereocenters. The Hall–Kier alpha value is -1.40. The van der Waals surface area contributed by atoms with Gasteiger partial charge in [0.2, 0.25) is 0 Å². The van der Waals surface area contributed by atoms with Crippen LogP contribution in [0.2, 0.25) is 0 Å². The van der Waals surface area contributed by atoms with Crippen molar-refractivity contribution in [3.8, 4) is 22.3 Å². The summed E-state index contributed by atoms with van der Waals surface area (Å²) in [6.45, 7) is 0. The fourth-order valence-corrected chi connectivity index (χ4v) is 4.82. The van der Waals surface area contributed by atoms with E-state index in [0.717, 1.165) is 0 Å². The second-order valence-corrected chi connectivity index (χ2v) is 7.95. The van der Waals surface area contributed by atoms with Crippen LogP contribution in [0.3, 0.4) is 0 Å². The molecule has 2 aliphatic carbocycles. The minimum atomic E-state index is 0. The molecule has 4 aromatic rings. The van der Waals surface area contributed by atoms with E-state index in [1.165, 1.54) is 83.0 Å². The summed E-state index contributed by atoms with van der Waals surface area (Å²) in [5, 5.41) is 0. The summed E-state index contributed by atoms with van der Waals surface area (Å²) in [4.78, 5) is 0. The zero-order valence-corrected chi connectivity index (χ0v) is 21.6. The molecule has 0 radical (unpaired) electrons. The molecule has 0 fully saturated rings. The summed E-state index contributed by atoms with van der Waals surface area (Å²) in [7, 11) is 0. The third-order valence-corrected chi connectivity index (χ3v) is 6.21. The van der Waals surface area contributed by atoms with Crippen molar-refractivity contribution in [2.75, 3.05) is 0 Å². The summed E-state index contributed by atoms with van der Waals surface area (Å²) < 4.78 is 0. The molecule has 0 saturated carbocycles. The van der Waals surface area contributed by atoms with Gasteiger partial charge in [0.15, 0.2) is 0 Å². The molecular formula is C28H26Cl2Zr. The minimum Gasteiger partial charge on any atom is -1.00 e. The van der Waals surface area contributed by atoms with Crippen LogP contribution in [-0.2, 0) is 51.9 Å². The van der Waals surface area contributed by atoms with Crippen molar-refractivity contribution in [1.82, 2.24) is 0 Å². The Balaban J connectivity index is 0.000000201. The van der Waals surface area contributed by atoms with Gasteiger partial charge in [-0.05, 0) is 25.7 Å². The van der Waals surface area contributed by atoms with Crippen molar-refractivity contribution in [3.63, 3.8) is 0 Å². The Kier molecular flexibility index (Phi) is 10.0. The molecule has 0 spiro atoms. The van der Waals surface area contributed by atoms with Crippen LogP contribution in [0.15, 0.2) is 84.9 Å². The monoisotopic (exact) mass is 522 g/mol. The van der Waals surface area contributed by atoms with Gasteiger partial charge in [-0.1, -0.05) is 83.6 Å². The first-order chi connectivity index (χ1) is 13.9. The van der Waals surface area contributed by atoms with E-state index in [0.29, 0.717) is 0 Å². The molecule has 0 N–H and O–H groups in total. The van der Waals surface area contributed by atoms with Crippen molar-refractivity contribution < 1.29 is 51.0 Å². The first-order valence-corrected chi connectivity index (χ1v) is 10.6. The van der Waals surface area contributed by atoms with E-state index in [1.807, 2.05) is 0 Å². The van der Waals surface area contributed by atoms with Crippen LogP contribution < -0.4 is 24.8 Å². The summed E-state index contributed by atoms with van der Waals surface area (Å²) in [6.07, 6.45) is 7.49. The van der Waals surface area contributed by atoms with Crippen molar-refractivity contribution in [3.05, 3.63) is 107 Å². The van der Waals surface area contributed by atoms with Gasteiger partial charge >= 0.3 is 26.2 Å². The van der Waals surface area contributed by atoms with Crippen LogP contribution in [0.1, 0.15) is 35.1 Å². The van der Waals surface area contributed by atoms with Crippen molar-refractivity contribution in [2.24, 2.45) is 0 Å². The van der Waals surface area contributed by atoms with Crippen LogP contribution >= 0.6 is 0 Å². The number of hydrogen-bond acceptors (Lipinski definition) is 0. The average molecular weight is 525 g/mol. The third-order valence-electron chi connectivity index (χ3n) is 6.21. The fourth-order valence-electron chi connectivity index (χ4n) is 4.82. The van der Waals surface area contributed by atoms with Gasteiger partial charge in [0.1, 0.15) is 0 Å². The normalized spacial score (nSPS) is 12.9. The maximum absolute atomic E-state index is 2.26. The summed E-state index contributed by atoms with van der Waals surface area (Å²) >= 11 is 0. The standard InChI is InChI=1S/2C14H13.2ClH.Zr/c2*1-2-9-13-11(5-1)6-3-7-12-8-4-10-14(12)13;;;/h2*1-2,4-5,8-10H,3,6-7H2;2*1H;/q2*-1;;;+4/p-2. The molecule has 6 rings (SSSR count). The maximum atomic E-state index is 2.26. The van der Waals surface area contributed by atoms with E-state index in [4.69, 9.17) is 0 Å². The first-order valence-electron chi connectivity index (χ1n) is 10.6. The second-order valence-electron chi connectivity index (χ2n) is 7.95. The number of fused-ring (bicyclic) bond motifs is 6. The molecule has 0 aromatic heterocycles. The van der Waals surface area contributed by atoms with Gasteiger partial charge in [-0.25, -0.2) is 12.1 Å². The number of aryl methyl sites for hydroxylation is 4. The predicted molar refractivity (Wildman–Crippen MR) is 119 cm³/mol. The smallest absolute Gasteiger partial charge is 1.00 e. The van der Waals surface area contributed by atoms with E-state index in [-0.39, 0.29) is 51.0 Å². The molecule has 0 unspecified atom stereocenters. The van der Waals surface area contributed by atoms with Crippen LogP contribution in [0.5, 0.6) is 0 Å². The van der Waals surface area contributed by atoms with Gasteiger partial charge < -0.3 is 24.8 Å². The first kappa shape index (κ1) is 25.9. The molecule has 2 aliphatic rings. The molecule has 0 aliphatic heterocycles. The largest absolute Gasteiger partial charge is 4.00 e. The number of halogens is 2. The van der Waals surface area contributed by atoms with Crippen molar-refractivity contribution in [2.45, 2.75) is 38.5 Å². The summed E-state index contributed by atoms with van der Waals surface area (Å²) in [5.41, 5.74) is 11.9. The maximum Gasteiger partial charge on any atom is 4.00 e. The van der Waals surface area contributed by atoms with Crippen LogP contribution in [-0.4, -0.2) is 0 Å². The zero-order valence-electron chi connectivity index (χ0n) is 17.6. The van der Waals surface area contributed by atoms with Gasteiger partial charge in [-0.3, -0.25) is 0 Å². The van der Waals surface area contributed by atoms with Gasteiger partial charge in [-0.2, -0.15) is 46.5 Å². The summed E-state index contributed by atoms with van der Waals surface area (Å²) in [6, 6.07) is 31.0. The van der Waals surface area contributed by atoms with E-state index >= 15 is 0 Å². The van der Waals surface area contributed by atoms with Gasteiger partial charge in [0.05, 0.1) is 0 Å². The van der Waals surface area contributed by atoms with E-state index in [9.17, 15) is 0 Å². The fraction of sp³-hybridized carbons (Fsp3) is 0.214. The Labute approximate surface area is 217 Å². The molecule has 0 bridgehead atoms. The average Bonchev–Trinajstić information content (AvgIpc) is 3.32. The third kappa shape index (κ3) is 5.51. The van der Waals surface area contributed by atoms with E-state index in [2.05, 4.69) is 84.9 Å². The van der Waals surface area contributed by atoms with E-state index in [1.54, 1.807) is 0 Å². The molecular weight excluding hydrogens is 498 g/mol. The minimum absolute atomic E-state index is 0. The zero-order chi connectivity index (χ0) is 18.8. The van der Waals surface area contributed by atoms with Crippen molar-refractivity contribution >= 4 is 0 Å². The van der Waals surface area contributed by atoms with Crippen LogP contribution in [0.4, 0.5) is 0 Å². The topological polar surface area (TPSA) is 0 Å². The summed E-state index contributed by atoms with van der Waals surface area (Å²) in [5.74, 6) is 0. The van der Waals surface area contributed by atoms with Gasteiger partial charge in [0.25, 0.3) is 0 Å². The Morgan fingerprint density at radius 3 is 1.35 bits per heavy atom. The molecule has 31 heavy (non-hydrogen) atoms. The van der Waals surface area contributed by atoms with Crippen LogP contribution in [0, 0.1) is 0 Å². The van der Waals surface area contributed by atoms with Gasteiger partial charge in [-0.15, -0.1) is 0 Å². The molecule has 0 saturated heterocycles. The molecule has 0 nitrogen and oxygen atoms in total. The molecule has 4 aromatic carbocycles. The quantitative estimate of drug-likeness (QED) is 0.303. The van der Waals surface area contributed by atoms with E-state index < -0.39 is 0 Å². The number of hydrogen-bond donors (Lipinski definition) is 0. The molecule has 0 heterocycles. The number of rotatable bonds is 0. The Morgan fingerprint density at radius 2 is 0.903 bits per heavy atom. The SMILES string of the molecule is [Cl-].[Cl-].[Zr+4].c1ccc2c(c1)CCCc1[cH-]ccc1-2.c1ccc2c(c1)CCCc1[cH-]ccc1-2. The molecule has 3 heteroatoms. The Morgan fingerprint density at radius 1 is 0.484 bits per heavy atom. The van der Waals surface area contributed by atoms with Crippen molar-refractivity contribution in [1.29, 1.82) is 0 Å². The van der Waals surface area contributed by atoms with Crippen LogP contribution in [0.25, 0.3) is 22.3 Å². The molecule has 0 amide bonds. The predicted octanol–water partition coefficient (Wildman–Crippen LogP) is 1.13.